The molecular formula is C10H12ClN3O2S. The fourth-order valence-electron chi connectivity index (χ4n) is 1.12. The van der Waals surface area contributed by atoms with E-state index in [9.17, 15) is 9.59 Å². The van der Waals surface area contributed by atoms with Gasteiger partial charge in [-0.3, -0.25) is 10.1 Å². The van der Waals surface area contributed by atoms with Crippen LogP contribution in [0.4, 0.5) is 10.5 Å². The molecule has 1 aromatic rings. The average molecular weight is 274 g/mol. The van der Waals surface area contributed by atoms with Crippen LogP contribution in [0.5, 0.6) is 0 Å². The summed E-state index contributed by atoms with van der Waals surface area (Å²) in [4.78, 5) is 22.3. The Balaban J connectivity index is 2.46. The number of carbonyl (C=O) groups excluding carboxylic acids is 2. The molecule has 1 aromatic carbocycles. The Morgan fingerprint density at radius 1 is 1.41 bits per heavy atom. The van der Waals surface area contributed by atoms with Crippen molar-refractivity contribution in [3.63, 3.8) is 0 Å². The van der Waals surface area contributed by atoms with Crippen molar-refractivity contribution in [3.05, 3.63) is 23.2 Å². The summed E-state index contributed by atoms with van der Waals surface area (Å²) in [6.07, 6.45) is 0.165. The Morgan fingerprint density at radius 3 is 2.71 bits per heavy atom. The molecule has 0 atom stereocenters. The third-order valence-electron chi connectivity index (χ3n) is 1.84. The van der Waals surface area contributed by atoms with Gasteiger partial charge >= 0.3 is 6.03 Å². The van der Waals surface area contributed by atoms with Crippen LogP contribution in [0.3, 0.4) is 0 Å². The zero-order chi connectivity index (χ0) is 12.8. The van der Waals surface area contributed by atoms with Gasteiger partial charge in [-0.15, -0.1) is 11.8 Å². The minimum absolute atomic E-state index is 0.165. The lowest BCUT2D eigenvalue weighted by Gasteiger charge is -2.06. The smallest absolute Gasteiger partial charge is 0.318 e. The van der Waals surface area contributed by atoms with Gasteiger partial charge in [0.1, 0.15) is 0 Å². The van der Waals surface area contributed by atoms with Crippen molar-refractivity contribution in [1.82, 2.24) is 5.32 Å². The standard InChI is InChI=1S/C10H12ClN3O2S/c11-6-2-1-3-7(12)9(6)17-5-4-8(15)14-10(13)16/h1-3H,4-5,12H2,(H3,13,14,15,16). The Bertz CT molecular complexity index is 419. The van der Waals surface area contributed by atoms with Gasteiger partial charge < -0.3 is 11.5 Å². The fourth-order valence-corrected chi connectivity index (χ4v) is 2.40. The maximum Gasteiger partial charge on any atom is 0.318 e. The van der Waals surface area contributed by atoms with Crippen LogP contribution in [0.1, 0.15) is 6.42 Å². The zero-order valence-corrected chi connectivity index (χ0v) is 10.5. The maximum atomic E-state index is 11.1. The van der Waals surface area contributed by atoms with E-state index in [1.165, 1.54) is 11.8 Å². The average Bonchev–Trinajstić information content (AvgIpc) is 2.21. The second-order valence-electron chi connectivity index (χ2n) is 3.17. The van der Waals surface area contributed by atoms with E-state index in [-0.39, 0.29) is 6.42 Å². The van der Waals surface area contributed by atoms with E-state index in [4.69, 9.17) is 23.1 Å². The molecule has 0 radical (unpaired) electrons. The Hall–Kier alpha value is -1.40. The molecule has 0 aliphatic rings. The molecule has 7 heteroatoms. The SMILES string of the molecule is NC(=O)NC(=O)CCSc1c(N)cccc1Cl. The second kappa shape index (κ2) is 6.36. The van der Waals surface area contributed by atoms with Gasteiger partial charge in [0.25, 0.3) is 0 Å². The maximum absolute atomic E-state index is 11.1. The summed E-state index contributed by atoms with van der Waals surface area (Å²) in [7, 11) is 0. The number of urea groups is 1. The van der Waals surface area contributed by atoms with Crippen molar-refractivity contribution in [2.75, 3.05) is 11.5 Å². The largest absolute Gasteiger partial charge is 0.398 e. The number of amides is 3. The van der Waals surface area contributed by atoms with Crippen LogP contribution < -0.4 is 16.8 Å². The Kier molecular flexibility index (Phi) is 5.11. The molecule has 0 bridgehead atoms. The van der Waals surface area contributed by atoms with Gasteiger partial charge in [-0.2, -0.15) is 0 Å². The molecule has 0 fully saturated rings. The Labute approximate surface area is 108 Å². The van der Waals surface area contributed by atoms with Crippen LogP contribution in [0.25, 0.3) is 0 Å². The zero-order valence-electron chi connectivity index (χ0n) is 8.90. The molecule has 1 rings (SSSR count). The van der Waals surface area contributed by atoms with Crippen molar-refractivity contribution >= 4 is 41.0 Å². The molecule has 17 heavy (non-hydrogen) atoms. The molecule has 3 amide bonds. The summed E-state index contributed by atoms with van der Waals surface area (Å²) in [6, 6.07) is 4.36. The van der Waals surface area contributed by atoms with Crippen LogP contribution in [0, 0.1) is 0 Å². The van der Waals surface area contributed by atoms with Crippen LogP contribution in [0.15, 0.2) is 23.1 Å². The molecule has 0 aliphatic heterocycles. The summed E-state index contributed by atoms with van der Waals surface area (Å²) in [5.41, 5.74) is 11.1. The monoisotopic (exact) mass is 273 g/mol. The lowest BCUT2D eigenvalue weighted by atomic mass is 10.3. The number of benzene rings is 1. The van der Waals surface area contributed by atoms with E-state index in [0.717, 1.165) is 4.90 Å². The minimum Gasteiger partial charge on any atom is -0.398 e. The number of hydrogen-bond donors (Lipinski definition) is 3. The number of imide groups is 1. The van der Waals surface area contributed by atoms with Gasteiger partial charge in [0, 0.05) is 22.8 Å². The van der Waals surface area contributed by atoms with Gasteiger partial charge in [0.2, 0.25) is 5.91 Å². The minimum atomic E-state index is -0.850. The Morgan fingerprint density at radius 2 is 2.12 bits per heavy atom. The molecule has 0 unspecified atom stereocenters. The number of anilines is 1. The number of halogens is 1. The summed E-state index contributed by atoms with van der Waals surface area (Å²) in [5.74, 6) is 0.0446. The number of primary amides is 1. The van der Waals surface area contributed by atoms with E-state index >= 15 is 0 Å². The lowest BCUT2D eigenvalue weighted by Crippen LogP contribution is -2.35. The topological polar surface area (TPSA) is 98.2 Å². The van der Waals surface area contributed by atoms with Gasteiger partial charge in [-0.1, -0.05) is 17.7 Å². The lowest BCUT2D eigenvalue weighted by molar-refractivity contribution is -0.119. The van der Waals surface area contributed by atoms with E-state index in [1.54, 1.807) is 18.2 Å². The van der Waals surface area contributed by atoms with Crippen molar-refractivity contribution < 1.29 is 9.59 Å². The van der Waals surface area contributed by atoms with Gasteiger partial charge in [-0.25, -0.2) is 4.79 Å². The van der Waals surface area contributed by atoms with Gasteiger partial charge in [0.05, 0.1) is 5.02 Å². The molecule has 5 N–H and O–H groups in total. The van der Waals surface area contributed by atoms with Crippen LogP contribution in [0.2, 0.25) is 5.02 Å². The number of hydrogen-bond acceptors (Lipinski definition) is 4. The number of nitrogens with two attached hydrogens (primary N) is 2. The molecule has 0 spiro atoms. The van der Waals surface area contributed by atoms with Crippen molar-refractivity contribution in [1.29, 1.82) is 0 Å². The van der Waals surface area contributed by atoms with Gasteiger partial charge in [-0.05, 0) is 12.1 Å². The highest BCUT2D eigenvalue weighted by Gasteiger charge is 2.08. The van der Waals surface area contributed by atoms with Crippen molar-refractivity contribution in [2.45, 2.75) is 11.3 Å². The van der Waals surface area contributed by atoms with Crippen molar-refractivity contribution in [2.24, 2.45) is 5.73 Å². The number of nitrogen functional groups attached to an aromatic ring is 1. The normalized spacial score (nSPS) is 9.94. The number of thioether (sulfide) groups is 1. The number of rotatable bonds is 4. The van der Waals surface area contributed by atoms with Crippen molar-refractivity contribution in [3.8, 4) is 0 Å². The van der Waals surface area contributed by atoms with Crippen LogP contribution >= 0.6 is 23.4 Å². The molecular weight excluding hydrogens is 262 g/mol. The van der Waals surface area contributed by atoms with E-state index < -0.39 is 11.9 Å². The summed E-state index contributed by atoms with van der Waals surface area (Å²) >= 11 is 7.31. The fraction of sp³-hybridized carbons (Fsp3) is 0.200. The first kappa shape index (κ1) is 13.7. The van der Waals surface area contributed by atoms with Gasteiger partial charge in [0.15, 0.2) is 0 Å². The van der Waals surface area contributed by atoms with E-state index in [0.29, 0.717) is 16.5 Å². The summed E-state index contributed by atoms with van der Waals surface area (Å²) in [5, 5.41) is 2.53. The second-order valence-corrected chi connectivity index (χ2v) is 4.68. The predicted molar refractivity (Wildman–Crippen MR) is 68.9 cm³/mol. The molecule has 0 aromatic heterocycles. The molecule has 0 aliphatic carbocycles. The predicted octanol–water partition coefficient (Wildman–Crippen LogP) is 1.60. The number of nitrogens with one attached hydrogen (secondary N) is 1. The summed E-state index contributed by atoms with van der Waals surface area (Å²) in [6.45, 7) is 0. The first-order valence-electron chi connectivity index (χ1n) is 4.76. The summed E-state index contributed by atoms with van der Waals surface area (Å²) < 4.78 is 0. The third kappa shape index (κ3) is 4.54. The quantitative estimate of drug-likeness (QED) is 0.573. The molecule has 0 saturated carbocycles. The first-order chi connectivity index (χ1) is 8.00. The molecule has 0 saturated heterocycles. The van der Waals surface area contributed by atoms with Crippen LogP contribution in [-0.2, 0) is 4.79 Å². The van der Waals surface area contributed by atoms with E-state index in [2.05, 4.69) is 0 Å². The van der Waals surface area contributed by atoms with Crippen LogP contribution in [-0.4, -0.2) is 17.7 Å². The molecule has 0 heterocycles. The highest BCUT2D eigenvalue weighted by atomic mass is 35.5. The highest BCUT2D eigenvalue weighted by molar-refractivity contribution is 7.99. The molecule has 92 valence electrons. The number of carbonyl (C=O) groups is 2. The van der Waals surface area contributed by atoms with E-state index in [1.807, 2.05) is 5.32 Å². The molecule has 5 nitrogen and oxygen atoms in total. The third-order valence-corrected chi connectivity index (χ3v) is 3.42. The highest BCUT2D eigenvalue weighted by Crippen LogP contribution is 2.32. The first-order valence-corrected chi connectivity index (χ1v) is 6.13.